The number of fused-ring (bicyclic) bond motifs is 1. The van der Waals surface area contributed by atoms with Crippen LogP contribution >= 0.6 is 0 Å². The van der Waals surface area contributed by atoms with Gasteiger partial charge >= 0.3 is 12.1 Å². The first-order valence-electron chi connectivity index (χ1n) is 10.8. The van der Waals surface area contributed by atoms with Crippen molar-refractivity contribution in [1.29, 1.82) is 0 Å². The summed E-state index contributed by atoms with van der Waals surface area (Å²) >= 11 is 0. The molecule has 34 heavy (non-hydrogen) atoms. The zero-order chi connectivity index (χ0) is 24.3. The number of carbonyl (C=O) groups is 1. The number of hydrogen-bond acceptors (Lipinski definition) is 5. The van der Waals surface area contributed by atoms with Crippen LogP contribution in [-0.4, -0.2) is 25.6 Å². The molecule has 2 heterocycles. The first-order chi connectivity index (χ1) is 16.2. The summed E-state index contributed by atoms with van der Waals surface area (Å²) in [7, 11) is 0. The molecule has 0 saturated carbocycles. The molecule has 2 aromatic heterocycles. The van der Waals surface area contributed by atoms with Crippen molar-refractivity contribution in [1.82, 2.24) is 19.6 Å². The van der Waals surface area contributed by atoms with Gasteiger partial charge in [-0.15, -0.1) is 5.10 Å². The summed E-state index contributed by atoms with van der Waals surface area (Å²) in [5, 5.41) is 3.55. The molecule has 0 aliphatic carbocycles. The predicted octanol–water partition coefficient (Wildman–Crippen LogP) is 5.22. The average Bonchev–Trinajstić information content (AvgIpc) is 3.25. The summed E-state index contributed by atoms with van der Waals surface area (Å²) < 4.78 is 45.9. The second-order valence-corrected chi connectivity index (χ2v) is 7.99. The van der Waals surface area contributed by atoms with Crippen LogP contribution in [0.5, 0.6) is 0 Å². The van der Waals surface area contributed by atoms with Gasteiger partial charge in [0.25, 0.3) is 11.6 Å². The van der Waals surface area contributed by atoms with Crippen LogP contribution < -0.4 is 0 Å². The normalized spacial score (nSPS) is 12.6. The van der Waals surface area contributed by atoms with Gasteiger partial charge in [0, 0.05) is 24.2 Å². The van der Waals surface area contributed by atoms with Crippen LogP contribution in [0.15, 0.2) is 60.7 Å². The van der Waals surface area contributed by atoms with Gasteiger partial charge in [-0.25, -0.2) is 9.50 Å². The highest BCUT2D eigenvalue weighted by molar-refractivity contribution is 5.70. The summed E-state index contributed by atoms with van der Waals surface area (Å²) in [6.45, 7) is 3.32. The molecule has 0 amide bonds. The van der Waals surface area contributed by atoms with Gasteiger partial charge in [-0.1, -0.05) is 60.7 Å². The van der Waals surface area contributed by atoms with Crippen molar-refractivity contribution >= 4 is 11.7 Å². The van der Waals surface area contributed by atoms with Crippen LogP contribution in [0.25, 0.3) is 5.78 Å². The fourth-order valence-electron chi connectivity index (χ4n) is 3.86. The fraction of sp³-hybridized carbons (Fsp3) is 0.280. The zero-order valence-corrected chi connectivity index (χ0v) is 18.7. The van der Waals surface area contributed by atoms with Crippen LogP contribution in [0.1, 0.15) is 46.4 Å². The van der Waals surface area contributed by atoms with Gasteiger partial charge in [-0.2, -0.15) is 18.2 Å². The molecule has 0 aliphatic rings. The number of aromatic nitrogens is 4. The van der Waals surface area contributed by atoms with Gasteiger partial charge in [0.1, 0.15) is 6.10 Å². The number of halogens is 3. The van der Waals surface area contributed by atoms with Crippen molar-refractivity contribution in [3.05, 3.63) is 94.6 Å². The zero-order valence-electron chi connectivity index (χ0n) is 18.7. The van der Waals surface area contributed by atoms with E-state index in [0.717, 1.165) is 15.6 Å². The minimum atomic E-state index is -4.66. The molecule has 0 aliphatic heterocycles. The molecule has 0 spiro atoms. The van der Waals surface area contributed by atoms with E-state index in [-0.39, 0.29) is 18.6 Å². The molecule has 4 rings (SSSR count). The number of carbonyl (C=O) groups excluding carboxylic acids is 1. The number of aryl methyl sites for hydroxylation is 2. The maximum atomic E-state index is 13.0. The SMILES string of the molecule is Cc1nc2nc(C(F)(F)F)nn2c(C)c1CCC(=O)O[C@@H](Cc1ccccc1)c1ccccc1. The molecule has 176 valence electrons. The Balaban J connectivity index is 1.50. The van der Waals surface area contributed by atoms with Crippen molar-refractivity contribution in [2.45, 2.75) is 45.4 Å². The van der Waals surface area contributed by atoms with E-state index in [1.807, 2.05) is 60.7 Å². The third-order valence-corrected chi connectivity index (χ3v) is 5.59. The number of alkyl halides is 3. The van der Waals surface area contributed by atoms with Crippen molar-refractivity contribution in [2.75, 3.05) is 0 Å². The number of nitrogens with zero attached hydrogens (tertiary/aromatic N) is 4. The molecule has 2 aromatic carbocycles. The van der Waals surface area contributed by atoms with Crippen molar-refractivity contribution in [3.63, 3.8) is 0 Å². The second kappa shape index (κ2) is 9.62. The van der Waals surface area contributed by atoms with Crippen molar-refractivity contribution in [3.8, 4) is 0 Å². The molecule has 0 N–H and O–H groups in total. The molecule has 0 bridgehead atoms. The van der Waals surface area contributed by atoms with E-state index in [2.05, 4.69) is 15.1 Å². The quantitative estimate of drug-likeness (QED) is 0.348. The molecular weight excluding hydrogens is 445 g/mol. The van der Waals surface area contributed by atoms with Crippen LogP contribution in [-0.2, 0) is 28.5 Å². The highest BCUT2D eigenvalue weighted by atomic mass is 19.4. The first-order valence-corrected chi connectivity index (χ1v) is 10.8. The van der Waals surface area contributed by atoms with E-state index in [9.17, 15) is 18.0 Å². The minimum absolute atomic E-state index is 0.0494. The molecule has 1 atom stereocenters. The molecule has 0 unspecified atom stereocenters. The third-order valence-electron chi connectivity index (χ3n) is 5.59. The summed E-state index contributed by atoms with van der Waals surface area (Å²) in [5.41, 5.74) is 3.53. The lowest BCUT2D eigenvalue weighted by atomic mass is 10.0. The minimum Gasteiger partial charge on any atom is -0.457 e. The molecule has 4 aromatic rings. The Morgan fingerprint density at radius 3 is 2.29 bits per heavy atom. The van der Waals surface area contributed by atoms with E-state index in [4.69, 9.17) is 4.74 Å². The number of esters is 1. The smallest absolute Gasteiger partial charge is 0.453 e. The topological polar surface area (TPSA) is 69.4 Å². The van der Waals surface area contributed by atoms with E-state index in [0.29, 0.717) is 23.4 Å². The van der Waals surface area contributed by atoms with Gasteiger partial charge in [0.05, 0.1) is 0 Å². The average molecular weight is 468 g/mol. The van der Waals surface area contributed by atoms with Crippen molar-refractivity contribution < 1.29 is 22.7 Å². The maximum Gasteiger partial charge on any atom is 0.453 e. The Morgan fingerprint density at radius 2 is 1.65 bits per heavy atom. The highest BCUT2D eigenvalue weighted by Crippen LogP contribution is 2.28. The van der Waals surface area contributed by atoms with Crippen molar-refractivity contribution in [2.24, 2.45) is 0 Å². The predicted molar refractivity (Wildman–Crippen MR) is 119 cm³/mol. The number of ether oxygens (including phenoxy) is 1. The van der Waals surface area contributed by atoms with Crippen LogP contribution in [0.4, 0.5) is 13.2 Å². The van der Waals surface area contributed by atoms with E-state index >= 15 is 0 Å². The number of rotatable bonds is 7. The molecule has 6 nitrogen and oxygen atoms in total. The van der Waals surface area contributed by atoms with Crippen LogP contribution in [0, 0.1) is 13.8 Å². The van der Waals surface area contributed by atoms with E-state index in [1.165, 1.54) is 0 Å². The van der Waals surface area contributed by atoms with Gasteiger partial charge in [-0.3, -0.25) is 4.79 Å². The summed E-state index contributed by atoms with van der Waals surface area (Å²) in [6.07, 6.45) is -4.28. The summed E-state index contributed by atoms with van der Waals surface area (Å²) in [4.78, 5) is 20.4. The molecule has 0 radical (unpaired) electrons. The van der Waals surface area contributed by atoms with E-state index in [1.54, 1.807) is 13.8 Å². The Hall–Kier alpha value is -3.75. The number of benzene rings is 2. The lowest BCUT2D eigenvalue weighted by Crippen LogP contribution is -2.15. The van der Waals surface area contributed by atoms with Gasteiger partial charge < -0.3 is 4.74 Å². The summed E-state index contributed by atoms with van der Waals surface area (Å²) in [5.74, 6) is -1.77. The second-order valence-electron chi connectivity index (χ2n) is 7.99. The third kappa shape index (κ3) is 5.24. The standard InChI is InChI=1S/C25H23F3N4O2/c1-16-20(17(2)32-24(29-16)30-23(31-32)25(26,27)28)13-14-22(33)34-21(19-11-7-4-8-12-19)15-18-9-5-3-6-10-18/h3-12,21H,13-15H2,1-2H3/t21-/m0/s1. The Morgan fingerprint density at radius 1 is 1.00 bits per heavy atom. The highest BCUT2D eigenvalue weighted by Gasteiger charge is 2.37. The van der Waals surface area contributed by atoms with Gasteiger partial charge in [0.2, 0.25) is 0 Å². The molecule has 0 saturated heterocycles. The Bertz CT molecular complexity index is 1290. The molecular formula is C25H23F3N4O2. The fourth-order valence-corrected chi connectivity index (χ4v) is 3.86. The molecule has 9 heteroatoms. The summed E-state index contributed by atoms with van der Waals surface area (Å²) in [6, 6.07) is 19.2. The van der Waals surface area contributed by atoms with E-state index < -0.39 is 24.1 Å². The Labute approximate surface area is 194 Å². The maximum absolute atomic E-state index is 13.0. The van der Waals surface area contributed by atoms with Gasteiger partial charge in [-0.05, 0) is 37.0 Å². The molecule has 0 fully saturated rings. The number of hydrogen-bond donors (Lipinski definition) is 0. The lowest BCUT2D eigenvalue weighted by molar-refractivity contribution is -0.149. The first kappa shape index (κ1) is 23.4. The largest absolute Gasteiger partial charge is 0.457 e. The monoisotopic (exact) mass is 468 g/mol. The van der Waals surface area contributed by atoms with Crippen LogP contribution in [0.2, 0.25) is 0 Å². The lowest BCUT2D eigenvalue weighted by Gasteiger charge is -2.19. The Kier molecular flexibility index (Phi) is 6.63. The van der Waals surface area contributed by atoms with Gasteiger partial charge in [0.15, 0.2) is 0 Å². The van der Waals surface area contributed by atoms with Crippen LogP contribution in [0.3, 0.4) is 0 Å².